The molecule has 2 aliphatic heterocycles. The lowest BCUT2D eigenvalue weighted by Crippen LogP contribution is -2.62. The highest BCUT2D eigenvalue weighted by molar-refractivity contribution is 5.92. The molecule has 5 N–H and O–H groups in total. The lowest BCUT2D eigenvalue weighted by atomic mass is 9.96. The summed E-state index contributed by atoms with van der Waals surface area (Å²) >= 11 is 0. The molecule has 10 heteroatoms. The van der Waals surface area contributed by atoms with E-state index in [1.807, 2.05) is 43.3 Å². The predicted octanol–water partition coefficient (Wildman–Crippen LogP) is 1.81. The molecule has 2 aliphatic rings. The van der Waals surface area contributed by atoms with Gasteiger partial charge in [-0.1, -0.05) is 51.1 Å². The van der Waals surface area contributed by atoms with E-state index in [0.717, 1.165) is 11.1 Å². The Labute approximate surface area is 230 Å². The number of benzene rings is 1. The molecule has 0 aliphatic carbocycles. The summed E-state index contributed by atoms with van der Waals surface area (Å²) in [6.07, 6.45) is 5.18. The Balaban J connectivity index is 1.85. The van der Waals surface area contributed by atoms with Crippen molar-refractivity contribution >= 4 is 29.7 Å². The van der Waals surface area contributed by atoms with Crippen LogP contribution in [0, 0.1) is 11.8 Å². The van der Waals surface area contributed by atoms with Gasteiger partial charge < -0.3 is 21.1 Å². The molecular formula is C29H43N5O5. The van der Waals surface area contributed by atoms with Crippen molar-refractivity contribution in [3.8, 4) is 0 Å². The summed E-state index contributed by atoms with van der Waals surface area (Å²) in [7, 11) is 0. The number of fused-ring (bicyclic) bond motifs is 4. The largest absolute Gasteiger partial charge is 0.392 e. The van der Waals surface area contributed by atoms with Crippen LogP contribution >= 0.6 is 0 Å². The highest BCUT2D eigenvalue weighted by Gasteiger charge is 2.34. The first-order valence-electron chi connectivity index (χ1n) is 13.9. The predicted molar refractivity (Wildman–Crippen MR) is 149 cm³/mol. The number of aliphatic hydroxyl groups excluding tert-OH is 1. The zero-order chi connectivity index (χ0) is 28.7. The molecule has 0 radical (unpaired) electrons. The third-order valence-corrected chi connectivity index (χ3v) is 7.44. The Bertz CT molecular complexity index is 1070. The molecule has 4 amide bonds. The van der Waals surface area contributed by atoms with Crippen molar-refractivity contribution in [2.45, 2.75) is 90.6 Å². The number of nitrogens with zero attached hydrogens (tertiary/aromatic N) is 1. The average Bonchev–Trinajstić information content (AvgIpc) is 2.92. The molecule has 39 heavy (non-hydrogen) atoms. The number of aliphatic hydroxyl groups is 1. The minimum absolute atomic E-state index is 0.203. The molecule has 0 aromatic heterocycles. The molecule has 3 rings (SSSR count). The number of rotatable bonds is 1. The van der Waals surface area contributed by atoms with Crippen molar-refractivity contribution < 1.29 is 24.3 Å². The van der Waals surface area contributed by atoms with Crippen molar-refractivity contribution in [2.24, 2.45) is 11.8 Å². The molecule has 214 valence electrons. The van der Waals surface area contributed by atoms with Gasteiger partial charge in [-0.25, -0.2) is 5.43 Å². The van der Waals surface area contributed by atoms with Gasteiger partial charge in [0.25, 0.3) is 5.91 Å². The van der Waals surface area contributed by atoms with Crippen molar-refractivity contribution in [3.63, 3.8) is 0 Å². The molecule has 4 bridgehead atoms. The lowest BCUT2D eigenvalue weighted by molar-refractivity contribution is -0.143. The van der Waals surface area contributed by atoms with Crippen LogP contribution in [0.5, 0.6) is 0 Å². The first-order valence-corrected chi connectivity index (χ1v) is 13.9. The second kappa shape index (κ2) is 13.7. The quantitative estimate of drug-likeness (QED) is 0.367. The molecule has 5 unspecified atom stereocenters. The van der Waals surface area contributed by atoms with E-state index < -0.39 is 42.0 Å². The van der Waals surface area contributed by atoms with Gasteiger partial charge in [-0.05, 0) is 62.6 Å². The molecule has 6 atom stereocenters. The van der Waals surface area contributed by atoms with Gasteiger partial charge in [0.1, 0.15) is 18.1 Å². The zero-order valence-corrected chi connectivity index (χ0v) is 23.6. The Morgan fingerprint density at radius 1 is 0.923 bits per heavy atom. The van der Waals surface area contributed by atoms with Crippen LogP contribution in [-0.2, 0) is 19.2 Å². The zero-order valence-electron chi connectivity index (χ0n) is 23.6. The fourth-order valence-corrected chi connectivity index (χ4v) is 4.79. The minimum atomic E-state index is -0.886. The van der Waals surface area contributed by atoms with E-state index in [1.165, 1.54) is 5.01 Å². The van der Waals surface area contributed by atoms with E-state index in [2.05, 4.69) is 21.4 Å². The SMILES string of the molecule is CC1NC(=O)C(C(C)C)NC(=O)C(C)C(O)CC/C=C/c2cccc(c2)[C@@H](C)NC(=O)C2CCCN(N2)C1=O. The average molecular weight is 542 g/mol. The maximum atomic E-state index is 13.2. The highest BCUT2D eigenvalue weighted by Crippen LogP contribution is 2.18. The van der Waals surface area contributed by atoms with E-state index in [0.29, 0.717) is 32.2 Å². The monoisotopic (exact) mass is 541 g/mol. The summed E-state index contributed by atoms with van der Waals surface area (Å²) in [5.74, 6) is -2.43. The number of hydrogen-bond donors (Lipinski definition) is 5. The number of nitrogens with one attached hydrogen (secondary N) is 4. The second-order valence-electron chi connectivity index (χ2n) is 11.0. The standard InChI is InChI=1S/C29H43N5O5/c1-17(2)25-28(38)31-20(5)29(39)34-15-9-13-23(33-34)27(37)30-19(4)22-12-8-11-21(16-22)10-6-7-14-24(35)18(3)26(36)32-25/h6,8,10-12,16-20,23-25,33,35H,7,9,13-15H2,1-5H3,(H,30,37)(H,31,38)(H,32,36)/b10-6+/t18?,19-,20?,23?,24?,25?/m1/s1. The Morgan fingerprint density at radius 3 is 2.36 bits per heavy atom. The van der Waals surface area contributed by atoms with Gasteiger partial charge in [-0.3, -0.25) is 24.2 Å². The van der Waals surface area contributed by atoms with E-state index in [9.17, 15) is 24.3 Å². The third-order valence-electron chi connectivity index (χ3n) is 7.44. The van der Waals surface area contributed by atoms with E-state index in [1.54, 1.807) is 27.7 Å². The maximum absolute atomic E-state index is 13.2. The van der Waals surface area contributed by atoms with Crippen molar-refractivity contribution in [1.29, 1.82) is 0 Å². The summed E-state index contributed by atoms with van der Waals surface area (Å²) < 4.78 is 0. The van der Waals surface area contributed by atoms with Crippen LogP contribution in [0.15, 0.2) is 30.3 Å². The number of amides is 4. The number of carbonyl (C=O) groups is 4. The Hall–Kier alpha value is -3.24. The first kappa shape index (κ1) is 30.3. The van der Waals surface area contributed by atoms with Gasteiger partial charge in [0.2, 0.25) is 17.7 Å². The Kier molecular flexibility index (Phi) is 10.7. The number of carbonyl (C=O) groups excluding carboxylic acids is 4. The summed E-state index contributed by atoms with van der Waals surface area (Å²) in [4.78, 5) is 52.2. The fourth-order valence-electron chi connectivity index (χ4n) is 4.79. The molecule has 1 fully saturated rings. The van der Waals surface area contributed by atoms with Crippen LogP contribution in [-0.4, -0.2) is 64.5 Å². The Morgan fingerprint density at radius 2 is 1.64 bits per heavy atom. The molecule has 1 saturated heterocycles. The van der Waals surface area contributed by atoms with Gasteiger partial charge >= 0.3 is 0 Å². The van der Waals surface area contributed by atoms with Crippen molar-refractivity contribution in [3.05, 3.63) is 41.5 Å². The topological polar surface area (TPSA) is 140 Å². The van der Waals surface area contributed by atoms with Crippen LogP contribution in [0.3, 0.4) is 0 Å². The summed E-state index contributed by atoms with van der Waals surface area (Å²) in [5.41, 5.74) is 4.93. The minimum Gasteiger partial charge on any atom is -0.392 e. The van der Waals surface area contributed by atoms with Crippen LogP contribution < -0.4 is 21.4 Å². The normalized spacial score (nSPS) is 30.9. The molecule has 0 saturated carbocycles. The van der Waals surface area contributed by atoms with Gasteiger partial charge in [0.15, 0.2) is 0 Å². The molecular weight excluding hydrogens is 498 g/mol. The van der Waals surface area contributed by atoms with Gasteiger partial charge in [0.05, 0.1) is 18.1 Å². The summed E-state index contributed by atoms with van der Waals surface area (Å²) in [5, 5.41) is 20.5. The van der Waals surface area contributed by atoms with Crippen molar-refractivity contribution in [1.82, 2.24) is 26.4 Å². The summed E-state index contributed by atoms with van der Waals surface area (Å²) in [6, 6.07) is 5.26. The van der Waals surface area contributed by atoms with Crippen molar-refractivity contribution in [2.75, 3.05) is 6.54 Å². The highest BCUT2D eigenvalue weighted by atomic mass is 16.3. The molecule has 10 nitrogen and oxygen atoms in total. The third kappa shape index (κ3) is 8.12. The molecule has 1 aromatic rings. The second-order valence-corrected chi connectivity index (χ2v) is 11.0. The smallest absolute Gasteiger partial charge is 0.258 e. The molecule has 2 heterocycles. The maximum Gasteiger partial charge on any atom is 0.258 e. The number of hydrogen-bond acceptors (Lipinski definition) is 6. The van der Waals surface area contributed by atoms with Crippen LogP contribution in [0.25, 0.3) is 6.08 Å². The summed E-state index contributed by atoms with van der Waals surface area (Å²) in [6.45, 7) is 9.15. The van der Waals surface area contributed by atoms with E-state index in [4.69, 9.17) is 0 Å². The van der Waals surface area contributed by atoms with E-state index >= 15 is 0 Å². The van der Waals surface area contributed by atoms with Crippen LogP contribution in [0.2, 0.25) is 0 Å². The number of allylic oxidation sites excluding steroid dienone is 1. The lowest BCUT2D eigenvalue weighted by Gasteiger charge is -2.35. The van der Waals surface area contributed by atoms with Gasteiger partial charge in [-0.2, -0.15) is 0 Å². The van der Waals surface area contributed by atoms with Gasteiger partial charge in [-0.15, -0.1) is 0 Å². The molecule has 1 aromatic carbocycles. The van der Waals surface area contributed by atoms with Crippen LogP contribution in [0.4, 0.5) is 0 Å². The van der Waals surface area contributed by atoms with E-state index in [-0.39, 0.29) is 23.8 Å². The van der Waals surface area contributed by atoms with Gasteiger partial charge in [0, 0.05) is 6.54 Å². The fraction of sp³-hybridized carbons (Fsp3) is 0.586. The first-order chi connectivity index (χ1) is 18.5. The number of hydrazine groups is 1. The van der Waals surface area contributed by atoms with Crippen LogP contribution in [0.1, 0.15) is 77.5 Å². The molecule has 0 spiro atoms.